The molecule has 0 saturated carbocycles. The number of methoxy groups -OCH3 is 1. The fourth-order valence-corrected chi connectivity index (χ4v) is 2.90. The highest BCUT2D eigenvalue weighted by molar-refractivity contribution is 7.16. The highest BCUT2D eigenvalue weighted by Gasteiger charge is 2.06. The van der Waals surface area contributed by atoms with E-state index in [0.717, 1.165) is 21.5 Å². The summed E-state index contributed by atoms with van der Waals surface area (Å²) >= 11 is 1.22. The molecule has 0 saturated heterocycles. The maximum atomic E-state index is 12.0. The molecule has 0 aliphatic rings. The Bertz CT molecular complexity index is 815. The molecule has 0 N–H and O–H groups in total. The van der Waals surface area contributed by atoms with E-state index in [4.69, 9.17) is 4.74 Å². The Balaban J connectivity index is 2.06. The van der Waals surface area contributed by atoms with E-state index in [1.807, 2.05) is 60.8 Å². The van der Waals surface area contributed by atoms with Crippen molar-refractivity contribution in [2.75, 3.05) is 7.11 Å². The van der Waals surface area contributed by atoms with Crippen LogP contribution in [0.1, 0.15) is 5.56 Å². The lowest BCUT2D eigenvalue weighted by Crippen LogP contribution is -2.05. The zero-order chi connectivity index (χ0) is 13.9. The molecule has 20 heavy (non-hydrogen) atoms. The van der Waals surface area contributed by atoms with Gasteiger partial charge in [-0.1, -0.05) is 41.7 Å². The highest BCUT2D eigenvalue weighted by atomic mass is 32.1. The molecule has 0 radical (unpaired) electrons. The molecule has 0 spiro atoms. The zero-order valence-electron chi connectivity index (χ0n) is 10.9. The minimum absolute atomic E-state index is 0.000402. The molecule has 4 heteroatoms. The number of nitrogens with zero attached hydrogens (tertiary/aromatic N) is 1. The van der Waals surface area contributed by atoms with Crippen molar-refractivity contribution >= 4 is 33.8 Å². The van der Waals surface area contributed by atoms with Gasteiger partial charge in [0, 0.05) is 6.20 Å². The molecule has 100 valence electrons. The molecule has 3 nitrogen and oxygen atoms in total. The Morgan fingerprint density at radius 2 is 1.95 bits per heavy atom. The normalized spacial score (nSPS) is 11.2. The SMILES string of the molecule is COc1ccc2c(c1)sc(=O)n2C=Cc1ccccc1. The van der Waals surface area contributed by atoms with E-state index >= 15 is 0 Å². The summed E-state index contributed by atoms with van der Waals surface area (Å²) in [5, 5.41) is 0. The van der Waals surface area contributed by atoms with Crippen LogP contribution in [0.2, 0.25) is 0 Å². The summed E-state index contributed by atoms with van der Waals surface area (Å²) in [6.07, 6.45) is 3.74. The van der Waals surface area contributed by atoms with Gasteiger partial charge in [0.1, 0.15) is 5.75 Å². The first-order valence-electron chi connectivity index (χ1n) is 6.20. The lowest BCUT2D eigenvalue weighted by Gasteiger charge is -2.00. The summed E-state index contributed by atoms with van der Waals surface area (Å²) in [5.74, 6) is 0.762. The van der Waals surface area contributed by atoms with Gasteiger partial charge in [0.25, 0.3) is 0 Å². The van der Waals surface area contributed by atoms with Gasteiger partial charge in [0.15, 0.2) is 0 Å². The van der Waals surface area contributed by atoms with Crippen molar-refractivity contribution in [3.8, 4) is 5.75 Å². The molecule has 1 aromatic heterocycles. The Morgan fingerprint density at radius 1 is 1.15 bits per heavy atom. The highest BCUT2D eigenvalue weighted by Crippen LogP contribution is 2.23. The van der Waals surface area contributed by atoms with Crippen LogP contribution in [0.4, 0.5) is 0 Å². The maximum Gasteiger partial charge on any atom is 0.312 e. The topological polar surface area (TPSA) is 31.2 Å². The second-order valence-electron chi connectivity index (χ2n) is 4.30. The van der Waals surface area contributed by atoms with Crippen LogP contribution >= 0.6 is 11.3 Å². The first kappa shape index (κ1) is 12.7. The molecule has 0 bridgehead atoms. The first-order valence-corrected chi connectivity index (χ1v) is 7.02. The molecule has 0 unspecified atom stereocenters. The molecule has 0 amide bonds. The largest absolute Gasteiger partial charge is 0.497 e. The smallest absolute Gasteiger partial charge is 0.312 e. The summed E-state index contributed by atoms with van der Waals surface area (Å²) < 4.78 is 7.76. The molecular weight excluding hydrogens is 270 g/mol. The number of fused-ring (bicyclic) bond motifs is 1. The third kappa shape index (κ3) is 2.38. The van der Waals surface area contributed by atoms with E-state index in [1.165, 1.54) is 11.3 Å². The predicted octanol–water partition coefficient (Wildman–Crippen LogP) is 3.70. The minimum Gasteiger partial charge on any atom is -0.497 e. The van der Waals surface area contributed by atoms with Crippen molar-refractivity contribution in [1.29, 1.82) is 0 Å². The number of hydrogen-bond acceptors (Lipinski definition) is 3. The first-order chi connectivity index (χ1) is 9.78. The molecule has 0 aliphatic heterocycles. The van der Waals surface area contributed by atoms with Crippen LogP contribution in [0.3, 0.4) is 0 Å². The lowest BCUT2D eigenvalue weighted by molar-refractivity contribution is 0.415. The van der Waals surface area contributed by atoms with E-state index in [2.05, 4.69) is 0 Å². The van der Waals surface area contributed by atoms with Gasteiger partial charge in [-0.2, -0.15) is 0 Å². The number of ether oxygens (including phenoxy) is 1. The molecular formula is C16H13NO2S. The van der Waals surface area contributed by atoms with E-state index in [9.17, 15) is 4.79 Å². The summed E-state index contributed by atoms with van der Waals surface area (Å²) in [6, 6.07) is 15.6. The van der Waals surface area contributed by atoms with E-state index in [0.29, 0.717) is 0 Å². The van der Waals surface area contributed by atoms with Gasteiger partial charge in [-0.05, 0) is 29.8 Å². The number of rotatable bonds is 3. The second-order valence-corrected chi connectivity index (χ2v) is 5.29. The monoisotopic (exact) mass is 283 g/mol. The van der Waals surface area contributed by atoms with Gasteiger partial charge in [-0.25, -0.2) is 0 Å². The molecule has 2 aromatic carbocycles. The van der Waals surface area contributed by atoms with E-state index in [1.54, 1.807) is 11.7 Å². The van der Waals surface area contributed by atoms with E-state index in [-0.39, 0.29) is 4.87 Å². The average molecular weight is 283 g/mol. The fraction of sp³-hybridized carbons (Fsp3) is 0.0625. The molecule has 0 atom stereocenters. The van der Waals surface area contributed by atoms with Crippen molar-refractivity contribution in [3.05, 3.63) is 63.8 Å². The maximum absolute atomic E-state index is 12.0. The van der Waals surface area contributed by atoms with Crippen molar-refractivity contribution in [3.63, 3.8) is 0 Å². The second kappa shape index (κ2) is 5.35. The quantitative estimate of drug-likeness (QED) is 0.734. The number of benzene rings is 2. The van der Waals surface area contributed by atoms with Crippen LogP contribution in [0.15, 0.2) is 53.3 Å². The average Bonchev–Trinajstić information content (AvgIpc) is 2.80. The van der Waals surface area contributed by atoms with Gasteiger partial charge in [0.2, 0.25) is 0 Å². The molecule has 0 aliphatic carbocycles. The molecule has 1 heterocycles. The standard InChI is InChI=1S/C16H13NO2S/c1-19-13-7-8-14-15(11-13)20-16(18)17(14)10-9-12-5-3-2-4-6-12/h2-11H,1H3. The summed E-state index contributed by atoms with van der Waals surface area (Å²) in [4.78, 5) is 12.0. The number of thiazole rings is 1. The zero-order valence-corrected chi connectivity index (χ0v) is 11.8. The van der Waals surface area contributed by atoms with Crippen LogP contribution < -0.4 is 9.61 Å². The summed E-state index contributed by atoms with van der Waals surface area (Å²) in [6.45, 7) is 0. The van der Waals surface area contributed by atoms with Crippen molar-refractivity contribution in [2.24, 2.45) is 0 Å². The third-order valence-electron chi connectivity index (χ3n) is 3.04. The van der Waals surface area contributed by atoms with Gasteiger partial charge < -0.3 is 4.74 Å². The van der Waals surface area contributed by atoms with Crippen LogP contribution in [-0.2, 0) is 0 Å². The van der Waals surface area contributed by atoms with E-state index < -0.39 is 0 Å². The third-order valence-corrected chi connectivity index (χ3v) is 3.95. The molecule has 0 fully saturated rings. The molecule has 3 rings (SSSR count). The molecule has 3 aromatic rings. The Labute approximate surface area is 120 Å². The van der Waals surface area contributed by atoms with Crippen molar-refractivity contribution in [1.82, 2.24) is 4.57 Å². The van der Waals surface area contributed by atoms with Crippen LogP contribution in [0.5, 0.6) is 5.75 Å². The van der Waals surface area contributed by atoms with Gasteiger partial charge in [-0.15, -0.1) is 0 Å². The number of aromatic nitrogens is 1. The van der Waals surface area contributed by atoms with Gasteiger partial charge in [-0.3, -0.25) is 9.36 Å². The fourth-order valence-electron chi connectivity index (χ4n) is 2.01. The van der Waals surface area contributed by atoms with Crippen LogP contribution in [0.25, 0.3) is 22.5 Å². The Morgan fingerprint density at radius 3 is 2.70 bits per heavy atom. The van der Waals surface area contributed by atoms with Gasteiger partial charge >= 0.3 is 4.87 Å². The Hall–Kier alpha value is -2.33. The van der Waals surface area contributed by atoms with Gasteiger partial charge in [0.05, 0.1) is 17.3 Å². The van der Waals surface area contributed by atoms with Crippen molar-refractivity contribution < 1.29 is 4.74 Å². The summed E-state index contributed by atoms with van der Waals surface area (Å²) in [5.41, 5.74) is 1.96. The minimum atomic E-state index is 0.000402. The Kier molecular flexibility index (Phi) is 3.39. The van der Waals surface area contributed by atoms with Crippen molar-refractivity contribution in [2.45, 2.75) is 0 Å². The van der Waals surface area contributed by atoms with Crippen LogP contribution in [0, 0.1) is 0 Å². The number of hydrogen-bond donors (Lipinski definition) is 0. The lowest BCUT2D eigenvalue weighted by atomic mass is 10.2. The van der Waals surface area contributed by atoms with Crippen LogP contribution in [-0.4, -0.2) is 11.7 Å². The predicted molar refractivity (Wildman–Crippen MR) is 84.3 cm³/mol. The summed E-state index contributed by atoms with van der Waals surface area (Å²) in [7, 11) is 1.62.